The fourth-order valence-electron chi connectivity index (χ4n) is 9.41. The minimum Gasteiger partial charge on any atom is -0.481 e. The van der Waals surface area contributed by atoms with E-state index in [-0.39, 0.29) is 0 Å². The smallest absolute Gasteiger partial charge is 0.303 e. The summed E-state index contributed by atoms with van der Waals surface area (Å²) in [7, 11) is 0. The van der Waals surface area contributed by atoms with E-state index in [1.165, 1.54) is 64.2 Å². The van der Waals surface area contributed by atoms with Crippen molar-refractivity contribution in [3.63, 3.8) is 0 Å². The summed E-state index contributed by atoms with van der Waals surface area (Å²) in [5.41, 5.74) is 0.986. The molecule has 4 fully saturated rings. The molecule has 2 nitrogen and oxygen atoms in total. The van der Waals surface area contributed by atoms with E-state index in [0.717, 1.165) is 29.6 Å². The molecule has 0 saturated heterocycles. The van der Waals surface area contributed by atoms with Gasteiger partial charge in [-0.15, -0.1) is 0 Å². The molecule has 0 aromatic heterocycles. The van der Waals surface area contributed by atoms with Crippen molar-refractivity contribution in [2.24, 2.45) is 52.3 Å². The van der Waals surface area contributed by atoms with Gasteiger partial charge in [-0.05, 0) is 97.2 Å². The van der Waals surface area contributed by atoms with Crippen molar-refractivity contribution in [1.82, 2.24) is 0 Å². The predicted molar refractivity (Wildman–Crippen MR) is 133 cm³/mol. The molecule has 1 N–H and O–H groups in total. The van der Waals surface area contributed by atoms with Crippen LogP contribution in [0.3, 0.4) is 0 Å². The van der Waals surface area contributed by atoms with E-state index in [2.05, 4.69) is 27.7 Å². The lowest BCUT2D eigenvalue weighted by atomic mass is 9.42. The molecule has 2 heteroatoms. The highest BCUT2D eigenvalue weighted by molar-refractivity contribution is 5.67. The van der Waals surface area contributed by atoms with Crippen molar-refractivity contribution in [3.8, 4) is 0 Å². The van der Waals surface area contributed by atoms with E-state index in [4.69, 9.17) is 0 Å². The maximum absolute atomic E-state index is 11.3. The standard InChI is InChI=1S/C25H42O2.2C2H6/c1-5-17-15-18-21-10-9-19(16(2)14-23(26)27)25(21,4)13-11-22(18)24(3)12-7-6-8-20(17)24;2*1-2/h16-22H,5-15H2,1-4H3,(H,26,27);2*1-2H3/t16-,17+,18?,19?,20?,21?,22+,24?,25?;;/m1../s1. The Hall–Kier alpha value is -0.530. The molecule has 0 aliphatic heterocycles. The number of fused-ring (bicyclic) bond motifs is 5. The van der Waals surface area contributed by atoms with Gasteiger partial charge in [-0.3, -0.25) is 4.79 Å². The Morgan fingerprint density at radius 1 is 0.903 bits per heavy atom. The van der Waals surface area contributed by atoms with Crippen LogP contribution in [0.25, 0.3) is 0 Å². The summed E-state index contributed by atoms with van der Waals surface area (Å²) in [5.74, 6) is 4.97. The Kier molecular flexibility index (Phi) is 9.53. The number of carboxylic acids is 1. The van der Waals surface area contributed by atoms with Gasteiger partial charge in [0.1, 0.15) is 0 Å². The molecule has 0 aromatic rings. The second-order valence-corrected chi connectivity index (χ2v) is 11.4. The van der Waals surface area contributed by atoms with Crippen LogP contribution in [0.5, 0.6) is 0 Å². The summed E-state index contributed by atoms with van der Waals surface area (Å²) in [6.45, 7) is 17.9. The molecule has 4 aliphatic rings. The van der Waals surface area contributed by atoms with Crippen LogP contribution in [-0.2, 0) is 4.79 Å². The summed E-state index contributed by atoms with van der Waals surface area (Å²) < 4.78 is 0. The zero-order chi connectivity index (χ0) is 23.4. The van der Waals surface area contributed by atoms with Crippen molar-refractivity contribution in [1.29, 1.82) is 0 Å². The quantitative estimate of drug-likeness (QED) is 0.480. The first kappa shape index (κ1) is 26.7. The number of carbonyl (C=O) groups is 1. The van der Waals surface area contributed by atoms with Crippen LogP contribution < -0.4 is 0 Å². The Morgan fingerprint density at radius 2 is 1.55 bits per heavy atom. The largest absolute Gasteiger partial charge is 0.481 e. The van der Waals surface area contributed by atoms with Gasteiger partial charge in [0.15, 0.2) is 0 Å². The normalized spacial score (nSPS) is 44.3. The second kappa shape index (κ2) is 11.1. The highest BCUT2D eigenvalue weighted by Gasteiger charge is 2.61. The van der Waals surface area contributed by atoms with Crippen LogP contribution >= 0.6 is 0 Å². The molecule has 0 radical (unpaired) electrons. The van der Waals surface area contributed by atoms with Gasteiger partial charge in [-0.2, -0.15) is 0 Å². The van der Waals surface area contributed by atoms with Gasteiger partial charge in [-0.1, -0.05) is 74.7 Å². The Balaban J connectivity index is 0.000000807. The molecule has 182 valence electrons. The first-order chi connectivity index (χ1) is 14.8. The fraction of sp³-hybridized carbons (Fsp3) is 0.966. The molecule has 0 heterocycles. The summed E-state index contributed by atoms with van der Waals surface area (Å²) in [4.78, 5) is 11.3. The molecule has 4 aliphatic carbocycles. The third kappa shape index (κ3) is 4.74. The monoisotopic (exact) mass is 434 g/mol. The number of aliphatic carboxylic acids is 1. The van der Waals surface area contributed by atoms with Crippen molar-refractivity contribution in [3.05, 3.63) is 0 Å². The molecule has 0 amide bonds. The van der Waals surface area contributed by atoms with Crippen molar-refractivity contribution in [2.45, 2.75) is 126 Å². The molecule has 0 bridgehead atoms. The Morgan fingerprint density at radius 3 is 2.16 bits per heavy atom. The molecular formula is C29H54O2. The van der Waals surface area contributed by atoms with Gasteiger partial charge in [0.05, 0.1) is 0 Å². The van der Waals surface area contributed by atoms with Gasteiger partial charge < -0.3 is 5.11 Å². The fourth-order valence-corrected chi connectivity index (χ4v) is 9.41. The summed E-state index contributed by atoms with van der Waals surface area (Å²) in [5, 5.41) is 9.34. The number of rotatable bonds is 4. The van der Waals surface area contributed by atoms with E-state index in [0.29, 0.717) is 29.1 Å². The molecular weight excluding hydrogens is 380 g/mol. The van der Waals surface area contributed by atoms with Crippen LogP contribution in [0.2, 0.25) is 0 Å². The van der Waals surface area contributed by atoms with Gasteiger partial charge in [-0.25, -0.2) is 0 Å². The summed E-state index contributed by atoms with van der Waals surface area (Å²) in [6.07, 6.45) is 14.5. The molecule has 0 spiro atoms. The van der Waals surface area contributed by atoms with Gasteiger partial charge in [0, 0.05) is 6.42 Å². The van der Waals surface area contributed by atoms with Crippen LogP contribution in [-0.4, -0.2) is 11.1 Å². The predicted octanol–water partition coefficient (Wildman–Crippen LogP) is 8.83. The Labute approximate surface area is 194 Å². The first-order valence-electron chi connectivity index (χ1n) is 14.0. The average molecular weight is 435 g/mol. The second-order valence-electron chi connectivity index (χ2n) is 11.4. The lowest BCUT2D eigenvalue weighted by Crippen LogP contribution is -2.55. The highest BCUT2D eigenvalue weighted by Crippen LogP contribution is 2.69. The van der Waals surface area contributed by atoms with Gasteiger partial charge >= 0.3 is 5.97 Å². The summed E-state index contributed by atoms with van der Waals surface area (Å²) in [6, 6.07) is 0. The van der Waals surface area contributed by atoms with E-state index < -0.39 is 5.97 Å². The average Bonchev–Trinajstić information content (AvgIpc) is 3.12. The highest BCUT2D eigenvalue weighted by atomic mass is 16.4. The van der Waals surface area contributed by atoms with E-state index in [9.17, 15) is 9.90 Å². The zero-order valence-electron chi connectivity index (χ0n) is 22.2. The van der Waals surface area contributed by atoms with E-state index in [1.54, 1.807) is 0 Å². The van der Waals surface area contributed by atoms with Gasteiger partial charge in [0.25, 0.3) is 0 Å². The maximum Gasteiger partial charge on any atom is 0.303 e. The molecule has 0 aromatic carbocycles. The minimum absolute atomic E-state index is 0.331. The summed E-state index contributed by atoms with van der Waals surface area (Å²) >= 11 is 0. The van der Waals surface area contributed by atoms with Crippen LogP contribution in [0, 0.1) is 52.3 Å². The third-order valence-corrected chi connectivity index (χ3v) is 10.5. The maximum atomic E-state index is 11.3. The zero-order valence-corrected chi connectivity index (χ0v) is 22.2. The Bertz CT molecular complexity index is 571. The lowest BCUT2D eigenvalue weighted by molar-refractivity contribution is -0.143. The lowest BCUT2D eigenvalue weighted by Gasteiger charge is -2.63. The molecule has 4 saturated carbocycles. The van der Waals surface area contributed by atoms with Crippen molar-refractivity contribution in [2.75, 3.05) is 0 Å². The van der Waals surface area contributed by atoms with Crippen LogP contribution in [0.4, 0.5) is 0 Å². The SMILES string of the molecule is CC.CC.CC[C@H]1CC2C3CCC([C@H](C)CC(=O)O)C3(C)CC[C@@H]2C2(C)CCCCC12. The van der Waals surface area contributed by atoms with Gasteiger partial charge in [0.2, 0.25) is 0 Å². The molecule has 9 atom stereocenters. The van der Waals surface area contributed by atoms with Crippen LogP contribution in [0.15, 0.2) is 0 Å². The van der Waals surface area contributed by atoms with Crippen molar-refractivity contribution >= 4 is 5.97 Å². The first-order valence-corrected chi connectivity index (χ1v) is 14.0. The number of hydrogen-bond acceptors (Lipinski definition) is 1. The van der Waals surface area contributed by atoms with Crippen LogP contribution in [0.1, 0.15) is 126 Å². The molecule has 31 heavy (non-hydrogen) atoms. The van der Waals surface area contributed by atoms with E-state index >= 15 is 0 Å². The third-order valence-electron chi connectivity index (χ3n) is 10.5. The topological polar surface area (TPSA) is 37.3 Å². The molecule has 4 rings (SSSR count). The number of hydrogen-bond donors (Lipinski definition) is 1. The minimum atomic E-state index is -0.607. The van der Waals surface area contributed by atoms with E-state index in [1.807, 2.05) is 27.7 Å². The molecule has 6 unspecified atom stereocenters. The number of carboxylic acid groups (broad SMARTS) is 1. The van der Waals surface area contributed by atoms with Crippen molar-refractivity contribution < 1.29 is 9.90 Å².